The number of aliphatic hydroxyl groups is 1. The van der Waals surface area contributed by atoms with Gasteiger partial charge in [0, 0.05) is 11.7 Å². The molecule has 3 atom stereocenters. The van der Waals surface area contributed by atoms with E-state index in [1.807, 2.05) is 60.7 Å². The van der Waals surface area contributed by atoms with Crippen molar-refractivity contribution >= 4 is 29.3 Å². The lowest BCUT2D eigenvalue weighted by Gasteiger charge is -2.29. The third-order valence-corrected chi connectivity index (χ3v) is 6.20. The SMILES string of the molecule is CC(C)(C)OC(=O)N[C@@H](Cc1ccccc1)C[C@H](O)[C@H](Cc1ccccc1)NC(=O)c1ccc(N)cc1Cl. The maximum Gasteiger partial charge on any atom is 0.407 e. The van der Waals surface area contributed by atoms with Crippen molar-refractivity contribution < 1.29 is 19.4 Å². The molecule has 0 saturated carbocycles. The first kappa shape index (κ1) is 29.0. The average Bonchev–Trinajstić information content (AvgIpc) is 2.83. The van der Waals surface area contributed by atoms with Crippen LogP contribution in [0.3, 0.4) is 0 Å². The highest BCUT2D eigenvalue weighted by Crippen LogP contribution is 2.21. The molecule has 0 radical (unpaired) electrons. The monoisotopic (exact) mass is 537 g/mol. The third kappa shape index (κ3) is 9.39. The van der Waals surface area contributed by atoms with Crippen LogP contribution in [-0.2, 0) is 17.6 Å². The predicted molar refractivity (Wildman–Crippen MR) is 151 cm³/mol. The summed E-state index contributed by atoms with van der Waals surface area (Å²) in [6.07, 6.45) is -0.516. The van der Waals surface area contributed by atoms with Crippen LogP contribution in [0.15, 0.2) is 78.9 Å². The van der Waals surface area contributed by atoms with E-state index < -0.39 is 35.8 Å². The van der Waals surface area contributed by atoms with Crippen LogP contribution in [0.4, 0.5) is 10.5 Å². The van der Waals surface area contributed by atoms with Gasteiger partial charge in [0.15, 0.2) is 0 Å². The molecule has 3 aromatic carbocycles. The minimum absolute atomic E-state index is 0.182. The second-order valence-electron chi connectivity index (χ2n) is 10.3. The molecule has 0 saturated heterocycles. The quantitative estimate of drug-likeness (QED) is 0.267. The second-order valence-corrected chi connectivity index (χ2v) is 10.8. The van der Waals surface area contributed by atoms with Crippen LogP contribution >= 0.6 is 11.6 Å². The molecule has 0 aliphatic rings. The summed E-state index contributed by atoms with van der Waals surface area (Å²) in [7, 11) is 0. The molecule has 3 rings (SSSR count). The van der Waals surface area contributed by atoms with Gasteiger partial charge in [-0.25, -0.2) is 4.79 Å². The fourth-order valence-electron chi connectivity index (χ4n) is 4.13. The Bertz CT molecular complexity index is 1200. The highest BCUT2D eigenvalue weighted by molar-refractivity contribution is 6.34. The van der Waals surface area contributed by atoms with Crippen LogP contribution in [0, 0.1) is 0 Å². The number of carbonyl (C=O) groups is 2. The highest BCUT2D eigenvalue weighted by Gasteiger charge is 2.28. The fraction of sp³-hybridized carbons (Fsp3) is 0.333. The van der Waals surface area contributed by atoms with E-state index in [4.69, 9.17) is 22.1 Å². The highest BCUT2D eigenvalue weighted by atomic mass is 35.5. The number of hydrogen-bond donors (Lipinski definition) is 4. The zero-order chi connectivity index (χ0) is 27.7. The first-order chi connectivity index (χ1) is 18.0. The summed E-state index contributed by atoms with van der Waals surface area (Å²) in [6, 6.07) is 22.8. The average molecular weight is 538 g/mol. The van der Waals surface area contributed by atoms with E-state index in [1.165, 1.54) is 6.07 Å². The number of nitrogens with two attached hydrogens (primary N) is 1. The summed E-state index contributed by atoms with van der Waals surface area (Å²) < 4.78 is 5.46. The van der Waals surface area contributed by atoms with Crippen LogP contribution in [0.25, 0.3) is 0 Å². The Kier molecular flexibility index (Phi) is 10.2. The molecule has 0 aliphatic carbocycles. The van der Waals surface area contributed by atoms with E-state index in [-0.39, 0.29) is 17.0 Å². The molecular weight excluding hydrogens is 502 g/mol. The number of aliphatic hydroxyl groups excluding tert-OH is 1. The number of nitrogens with one attached hydrogen (secondary N) is 2. The molecule has 7 nitrogen and oxygen atoms in total. The molecule has 3 aromatic rings. The molecule has 2 amide bonds. The Balaban J connectivity index is 1.82. The lowest BCUT2D eigenvalue weighted by Crippen LogP contribution is -2.49. The molecule has 8 heteroatoms. The van der Waals surface area contributed by atoms with Crippen molar-refractivity contribution in [3.63, 3.8) is 0 Å². The van der Waals surface area contributed by atoms with E-state index in [0.717, 1.165) is 11.1 Å². The van der Waals surface area contributed by atoms with Gasteiger partial charge in [-0.05, 0) is 69.4 Å². The van der Waals surface area contributed by atoms with Crippen molar-refractivity contribution in [1.82, 2.24) is 10.6 Å². The first-order valence-corrected chi connectivity index (χ1v) is 13.0. The van der Waals surface area contributed by atoms with Gasteiger partial charge in [0.05, 0.1) is 22.7 Å². The Labute approximate surface area is 229 Å². The lowest BCUT2D eigenvalue weighted by molar-refractivity contribution is 0.0463. The third-order valence-electron chi connectivity index (χ3n) is 5.89. The van der Waals surface area contributed by atoms with Gasteiger partial charge in [-0.2, -0.15) is 0 Å². The number of rotatable bonds is 10. The zero-order valence-corrected chi connectivity index (χ0v) is 22.7. The van der Waals surface area contributed by atoms with Crippen molar-refractivity contribution in [2.24, 2.45) is 0 Å². The van der Waals surface area contributed by atoms with Gasteiger partial charge in [0.1, 0.15) is 5.60 Å². The van der Waals surface area contributed by atoms with E-state index >= 15 is 0 Å². The standard InChI is InChI=1S/C30H36ClN3O4/c1-30(2,3)38-29(37)33-23(16-20-10-6-4-7-11-20)19-27(35)26(17-21-12-8-5-9-13-21)34-28(36)24-15-14-22(32)18-25(24)31/h4-15,18,23,26-27,35H,16-17,19,32H2,1-3H3,(H,33,37)(H,34,36)/t23-,26-,27-/m0/s1. The minimum Gasteiger partial charge on any atom is -0.444 e. The molecule has 5 N–H and O–H groups in total. The predicted octanol–water partition coefficient (Wildman–Crippen LogP) is 5.15. The summed E-state index contributed by atoms with van der Waals surface area (Å²) in [5.74, 6) is -0.422. The Morgan fingerprint density at radius 2 is 1.50 bits per heavy atom. The Hall–Kier alpha value is -3.55. The van der Waals surface area contributed by atoms with Crippen LogP contribution < -0.4 is 16.4 Å². The second kappa shape index (κ2) is 13.3. The summed E-state index contributed by atoms with van der Waals surface area (Å²) in [5, 5.41) is 17.5. The van der Waals surface area contributed by atoms with E-state index in [0.29, 0.717) is 18.5 Å². The van der Waals surface area contributed by atoms with Gasteiger partial charge < -0.3 is 26.2 Å². The summed E-state index contributed by atoms with van der Waals surface area (Å²) in [6.45, 7) is 5.38. The largest absolute Gasteiger partial charge is 0.444 e. The molecule has 0 aromatic heterocycles. The van der Waals surface area contributed by atoms with E-state index in [1.54, 1.807) is 32.9 Å². The van der Waals surface area contributed by atoms with Crippen molar-refractivity contribution in [3.8, 4) is 0 Å². The molecule has 0 heterocycles. The van der Waals surface area contributed by atoms with E-state index in [9.17, 15) is 14.7 Å². The molecule has 0 unspecified atom stereocenters. The normalized spacial score (nSPS) is 13.7. The molecule has 38 heavy (non-hydrogen) atoms. The number of hydrogen-bond acceptors (Lipinski definition) is 5. The van der Waals surface area contributed by atoms with E-state index in [2.05, 4.69) is 10.6 Å². The Morgan fingerprint density at radius 3 is 2.05 bits per heavy atom. The smallest absolute Gasteiger partial charge is 0.407 e. The van der Waals surface area contributed by atoms with Crippen molar-refractivity contribution in [1.29, 1.82) is 0 Å². The number of nitrogen functional groups attached to an aromatic ring is 1. The summed E-state index contributed by atoms with van der Waals surface area (Å²) in [4.78, 5) is 25.8. The number of ether oxygens (including phenoxy) is 1. The van der Waals surface area contributed by atoms with Crippen molar-refractivity contribution in [3.05, 3.63) is 101 Å². The molecule has 0 spiro atoms. The van der Waals surface area contributed by atoms with Crippen LogP contribution in [0.5, 0.6) is 0 Å². The number of carbonyl (C=O) groups excluding carboxylic acids is 2. The van der Waals surface area contributed by atoms with Gasteiger partial charge in [-0.3, -0.25) is 4.79 Å². The van der Waals surface area contributed by atoms with Crippen molar-refractivity contribution in [2.45, 2.75) is 63.8 Å². The number of halogens is 1. The first-order valence-electron chi connectivity index (χ1n) is 12.6. The molecule has 0 aliphatic heterocycles. The molecule has 202 valence electrons. The van der Waals surface area contributed by atoms with Crippen LogP contribution in [0.1, 0.15) is 48.7 Å². The van der Waals surface area contributed by atoms with Gasteiger partial charge in [0.2, 0.25) is 0 Å². The van der Waals surface area contributed by atoms with Crippen molar-refractivity contribution in [2.75, 3.05) is 5.73 Å². The number of amides is 2. The molecular formula is C30H36ClN3O4. The zero-order valence-electron chi connectivity index (χ0n) is 22.0. The topological polar surface area (TPSA) is 114 Å². The van der Waals surface area contributed by atoms with Gasteiger partial charge >= 0.3 is 6.09 Å². The maximum atomic E-state index is 13.2. The van der Waals surface area contributed by atoms with Gasteiger partial charge in [-0.1, -0.05) is 72.3 Å². The number of alkyl carbamates (subject to hydrolysis) is 1. The summed E-state index contributed by atoms with van der Waals surface area (Å²) in [5.41, 5.74) is 7.76. The van der Waals surface area contributed by atoms with Crippen LogP contribution in [0.2, 0.25) is 5.02 Å². The minimum atomic E-state index is -0.990. The lowest BCUT2D eigenvalue weighted by atomic mass is 9.93. The number of benzene rings is 3. The maximum absolute atomic E-state index is 13.2. The molecule has 0 fully saturated rings. The van der Waals surface area contributed by atoms with Gasteiger partial charge in [0.25, 0.3) is 5.91 Å². The summed E-state index contributed by atoms with van der Waals surface area (Å²) >= 11 is 6.27. The van der Waals surface area contributed by atoms with Crippen LogP contribution in [-0.4, -0.2) is 40.9 Å². The van der Waals surface area contributed by atoms with Gasteiger partial charge in [-0.15, -0.1) is 0 Å². The number of anilines is 1. The molecule has 0 bridgehead atoms. The Morgan fingerprint density at radius 1 is 0.921 bits per heavy atom. The fourth-order valence-corrected chi connectivity index (χ4v) is 4.41.